The first kappa shape index (κ1) is 23.8. The largest absolute Gasteiger partial charge is 0.437 e. The molecule has 0 saturated heterocycles. The smallest absolute Gasteiger partial charge is 0.238 e. The summed E-state index contributed by atoms with van der Waals surface area (Å²) in [6, 6.07) is 29.3. The van der Waals surface area contributed by atoms with Crippen molar-refractivity contribution in [1.29, 1.82) is 0 Å². The molecule has 0 saturated carbocycles. The van der Waals surface area contributed by atoms with Gasteiger partial charge in [-0.05, 0) is 59.3 Å². The van der Waals surface area contributed by atoms with Gasteiger partial charge >= 0.3 is 0 Å². The van der Waals surface area contributed by atoms with E-state index in [0.717, 1.165) is 23.0 Å². The molecule has 4 nitrogen and oxygen atoms in total. The predicted octanol–water partition coefficient (Wildman–Crippen LogP) is 8.20. The fourth-order valence-corrected chi connectivity index (χ4v) is 5.43. The van der Waals surface area contributed by atoms with Crippen LogP contribution in [0.15, 0.2) is 133 Å². The van der Waals surface area contributed by atoms with Crippen molar-refractivity contribution >= 4 is 33.7 Å². The fraction of sp³-hybridized carbons (Fsp3) is 0.0606. The molecule has 1 unspecified atom stereocenters. The Kier molecular flexibility index (Phi) is 6.51. The van der Waals surface area contributed by atoms with Crippen LogP contribution >= 0.6 is 11.3 Å². The first-order valence-electron chi connectivity index (χ1n) is 12.4. The highest BCUT2D eigenvalue weighted by Gasteiger charge is 2.31. The van der Waals surface area contributed by atoms with Crippen LogP contribution in [0.1, 0.15) is 27.2 Å². The zero-order chi connectivity index (χ0) is 25.8. The first-order chi connectivity index (χ1) is 18.7. The molecule has 0 aliphatic heterocycles. The maximum Gasteiger partial charge on any atom is 0.238 e. The lowest BCUT2D eigenvalue weighted by Gasteiger charge is -2.31. The standard InChI is InChI=1S/C33H24N2O2S/c36-30(24-8-2-1-3-9-24)18-20-33(19-6-10-25(22-33)31-13-7-21-38-31)26-14-16-27(17-15-26)37-32-23-34-28-11-4-5-12-29(28)35-32/h1-21,23H,22H2/b20-18+. The van der Waals surface area contributed by atoms with Gasteiger partial charge in [0.05, 0.1) is 17.2 Å². The second-order valence-corrected chi connectivity index (χ2v) is 10.1. The highest BCUT2D eigenvalue weighted by molar-refractivity contribution is 7.11. The summed E-state index contributed by atoms with van der Waals surface area (Å²) in [4.78, 5) is 23.2. The van der Waals surface area contributed by atoms with Gasteiger partial charge in [-0.2, -0.15) is 0 Å². The van der Waals surface area contributed by atoms with Gasteiger partial charge in [0.15, 0.2) is 5.78 Å². The van der Waals surface area contributed by atoms with E-state index in [2.05, 4.69) is 57.8 Å². The quantitative estimate of drug-likeness (QED) is 0.163. The fourth-order valence-electron chi connectivity index (χ4n) is 4.67. The summed E-state index contributed by atoms with van der Waals surface area (Å²) in [7, 11) is 0. The molecule has 0 bridgehead atoms. The summed E-state index contributed by atoms with van der Waals surface area (Å²) in [6.07, 6.45) is 12.5. The monoisotopic (exact) mass is 512 g/mol. The highest BCUT2D eigenvalue weighted by atomic mass is 32.1. The highest BCUT2D eigenvalue weighted by Crippen LogP contribution is 2.42. The number of thiophene rings is 1. The third-order valence-electron chi connectivity index (χ3n) is 6.64. The number of hydrogen-bond acceptors (Lipinski definition) is 5. The van der Waals surface area contributed by atoms with Crippen LogP contribution in [0.5, 0.6) is 11.6 Å². The van der Waals surface area contributed by atoms with Crippen LogP contribution in [0.25, 0.3) is 16.6 Å². The number of allylic oxidation sites excluding steroid dienone is 6. The van der Waals surface area contributed by atoms with Gasteiger partial charge in [0, 0.05) is 15.9 Å². The number of benzene rings is 3. The number of nitrogens with zero attached hydrogens (tertiary/aromatic N) is 2. The lowest BCUT2D eigenvalue weighted by Crippen LogP contribution is -2.23. The van der Waals surface area contributed by atoms with Gasteiger partial charge < -0.3 is 4.74 Å². The Bertz CT molecular complexity index is 1670. The number of ketones is 1. The molecule has 1 atom stereocenters. The Labute approximate surface area is 225 Å². The lowest BCUT2D eigenvalue weighted by atomic mass is 9.72. The molecule has 1 aliphatic rings. The molecule has 3 aromatic carbocycles. The molecule has 6 rings (SSSR count). The Balaban J connectivity index is 1.30. The molecule has 0 fully saturated rings. The summed E-state index contributed by atoms with van der Waals surface area (Å²) in [5, 5.41) is 2.09. The summed E-state index contributed by atoms with van der Waals surface area (Å²) >= 11 is 1.72. The number of para-hydroxylation sites is 2. The molecule has 38 heavy (non-hydrogen) atoms. The Hall–Kier alpha value is -4.61. The van der Waals surface area contributed by atoms with Gasteiger partial charge in [0.1, 0.15) is 5.75 Å². The van der Waals surface area contributed by atoms with E-state index in [1.165, 1.54) is 10.5 Å². The van der Waals surface area contributed by atoms with Crippen LogP contribution in [-0.2, 0) is 5.41 Å². The molecule has 1 aliphatic carbocycles. The van der Waals surface area contributed by atoms with Crippen molar-refractivity contribution in [1.82, 2.24) is 9.97 Å². The van der Waals surface area contributed by atoms with E-state index in [-0.39, 0.29) is 5.78 Å². The van der Waals surface area contributed by atoms with E-state index >= 15 is 0 Å². The molecule has 5 aromatic rings. The van der Waals surface area contributed by atoms with Gasteiger partial charge in [-0.3, -0.25) is 4.79 Å². The van der Waals surface area contributed by atoms with Crippen LogP contribution in [0, 0.1) is 0 Å². The minimum atomic E-state index is -0.472. The van der Waals surface area contributed by atoms with E-state index in [9.17, 15) is 4.79 Å². The average molecular weight is 513 g/mol. The SMILES string of the molecule is O=C(/C=C/C1(c2ccc(Oc3cnc4ccccc4n3)cc2)C=CC=C(c2cccs2)C1)c1ccccc1. The third kappa shape index (κ3) is 4.97. The van der Waals surface area contributed by atoms with Gasteiger partial charge in [-0.1, -0.05) is 85.0 Å². The zero-order valence-corrected chi connectivity index (χ0v) is 21.3. The number of hydrogen-bond donors (Lipinski definition) is 0. The van der Waals surface area contributed by atoms with E-state index < -0.39 is 5.41 Å². The molecular weight excluding hydrogens is 488 g/mol. The van der Waals surface area contributed by atoms with Crippen molar-refractivity contribution in [2.45, 2.75) is 11.8 Å². The van der Waals surface area contributed by atoms with E-state index in [1.807, 2.05) is 72.8 Å². The number of ether oxygens (including phenoxy) is 1. The number of aromatic nitrogens is 2. The maximum absolute atomic E-state index is 13.0. The second kappa shape index (κ2) is 10.4. The average Bonchev–Trinajstić information content (AvgIpc) is 3.52. The Morgan fingerprint density at radius 1 is 0.895 bits per heavy atom. The molecule has 0 N–H and O–H groups in total. The van der Waals surface area contributed by atoms with Crippen molar-refractivity contribution in [3.8, 4) is 11.6 Å². The minimum absolute atomic E-state index is 0.0135. The topological polar surface area (TPSA) is 52.1 Å². The molecule has 2 heterocycles. The summed E-state index contributed by atoms with van der Waals surface area (Å²) in [6.45, 7) is 0. The van der Waals surface area contributed by atoms with Crippen molar-refractivity contribution in [3.05, 3.63) is 149 Å². The normalized spacial score (nSPS) is 17.0. The molecule has 0 amide bonds. The predicted molar refractivity (Wildman–Crippen MR) is 154 cm³/mol. The minimum Gasteiger partial charge on any atom is -0.437 e. The number of fused-ring (bicyclic) bond motifs is 1. The van der Waals surface area contributed by atoms with Gasteiger partial charge in [0.2, 0.25) is 5.88 Å². The van der Waals surface area contributed by atoms with Gasteiger partial charge in [-0.25, -0.2) is 9.97 Å². The van der Waals surface area contributed by atoms with Crippen LogP contribution in [0.3, 0.4) is 0 Å². The van der Waals surface area contributed by atoms with Crippen LogP contribution < -0.4 is 4.74 Å². The maximum atomic E-state index is 13.0. The second-order valence-electron chi connectivity index (χ2n) is 9.13. The van der Waals surface area contributed by atoms with Crippen molar-refractivity contribution in [2.24, 2.45) is 0 Å². The third-order valence-corrected chi connectivity index (χ3v) is 7.59. The summed E-state index contributed by atoms with van der Waals surface area (Å²) < 4.78 is 6.02. The Morgan fingerprint density at radius 3 is 2.47 bits per heavy atom. The molecular formula is C33H24N2O2S. The van der Waals surface area contributed by atoms with Crippen LogP contribution in [0.4, 0.5) is 0 Å². The van der Waals surface area contributed by atoms with Crippen LogP contribution in [-0.4, -0.2) is 15.8 Å². The summed E-state index contributed by atoms with van der Waals surface area (Å²) in [5.41, 5.74) is 4.13. The number of rotatable bonds is 7. The van der Waals surface area contributed by atoms with Gasteiger partial charge in [0.25, 0.3) is 0 Å². The molecule has 0 spiro atoms. The van der Waals surface area contributed by atoms with Crippen molar-refractivity contribution < 1.29 is 9.53 Å². The van der Waals surface area contributed by atoms with Crippen LogP contribution in [0.2, 0.25) is 0 Å². The molecule has 184 valence electrons. The first-order valence-corrected chi connectivity index (χ1v) is 13.3. The zero-order valence-electron chi connectivity index (χ0n) is 20.5. The Morgan fingerprint density at radius 2 is 1.68 bits per heavy atom. The molecule has 0 radical (unpaired) electrons. The number of carbonyl (C=O) groups is 1. The lowest BCUT2D eigenvalue weighted by molar-refractivity contribution is 0.104. The summed E-state index contributed by atoms with van der Waals surface area (Å²) in [5.74, 6) is 1.10. The molecule has 2 aromatic heterocycles. The van der Waals surface area contributed by atoms with E-state index in [4.69, 9.17) is 4.74 Å². The van der Waals surface area contributed by atoms with Gasteiger partial charge in [-0.15, -0.1) is 11.3 Å². The van der Waals surface area contributed by atoms with E-state index in [0.29, 0.717) is 17.2 Å². The van der Waals surface area contributed by atoms with Crippen molar-refractivity contribution in [3.63, 3.8) is 0 Å². The molecule has 5 heteroatoms. The van der Waals surface area contributed by atoms with Crippen molar-refractivity contribution in [2.75, 3.05) is 0 Å². The van der Waals surface area contributed by atoms with E-state index in [1.54, 1.807) is 23.6 Å². The number of carbonyl (C=O) groups excluding carboxylic acids is 1.